The smallest absolute Gasteiger partial charge is 0.336 e. The van der Waals surface area contributed by atoms with Crippen LogP contribution in [0.4, 0.5) is 4.39 Å². The zero-order valence-electron chi connectivity index (χ0n) is 17.1. The summed E-state index contributed by atoms with van der Waals surface area (Å²) in [6.45, 7) is 5.97. The van der Waals surface area contributed by atoms with Gasteiger partial charge in [0.1, 0.15) is 17.2 Å². The van der Waals surface area contributed by atoms with E-state index < -0.39 is 5.97 Å². The number of benzene rings is 2. The van der Waals surface area contributed by atoms with E-state index in [2.05, 4.69) is 9.97 Å². The Labute approximate surface area is 173 Å². The van der Waals surface area contributed by atoms with Crippen LogP contribution in [0.25, 0.3) is 22.3 Å². The number of carboxylic acid groups (broad SMARTS) is 1. The number of carbonyl (C=O) groups is 1. The fourth-order valence-electron chi connectivity index (χ4n) is 3.77. The van der Waals surface area contributed by atoms with Gasteiger partial charge in [-0.3, -0.25) is 0 Å². The molecule has 2 aromatic heterocycles. The van der Waals surface area contributed by atoms with Crippen molar-refractivity contribution in [2.45, 2.75) is 33.7 Å². The van der Waals surface area contributed by atoms with Gasteiger partial charge in [0.05, 0.1) is 17.8 Å². The number of aryl methyl sites for hydroxylation is 3. The second-order valence-electron chi connectivity index (χ2n) is 7.32. The highest BCUT2D eigenvalue weighted by molar-refractivity contribution is 5.96. The number of aromatic carboxylic acids is 1. The lowest BCUT2D eigenvalue weighted by molar-refractivity contribution is 0.0697. The Kier molecular flexibility index (Phi) is 5.08. The molecule has 2 aromatic carbocycles. The number of carboxylic acids is 1. The van der Waals surface area contributed by atoms with Crippen molar-refractivity contribution in [3.05, 3.63) is 82.6 Å². The van der Waals surface area contributed by atoms with Crippen LogP contribution in [0.3, 0.4) is 0 Å². The summed E-state index contributed by atoms with van der Waals surface area (Å²) >= 11 is 0. The van der Waals surface area contributed by atoms with Gasteiger partial charge in [0.2, 0.25) is 0 Å². The van der Waals surface area contributed by atoms with Crippen LogP contribution in [0, 0.1) is 19.7 Å². The van der Waals surface area contributed by atoms with Gasteiger partial charge in [-0.2, -0.15) is 0 Å². The molecule has 30 heavy (non-hydrogen) atoms. The van der Waals surface area contributed by atoms with E-state index in [-0.39, 0.29) is 11.4 Å². The van der Waals surface area contributed by atoms with Crippen molar-refractivity contribution >= 4 is 17.1 Å². The number of halogens is 1. The quantitative estimate of drug-likeness (QED) is 0.500. The summed E-state index contributed by atoms with van der Waals surface area (Å²) in [6, 6.07) is 14.8. The molecule has 0 saturated carbocycles. The molecule has 0 amide bonds. The van der Waals surface area contributed by atoms with Gasteiger partial charge >= 0.3 is 5.97 Å². The lowest BCUT2D eigenvalue weighted by Gasteiger charge is -2.11. The van der Waals surface area contributed by atoms with Crippen LogP contribution >= 0.6 is 0 Å². The standard InChI is InChI=1S/C24H22FN3O2/c1-4-20-27-22-14(2)21(25)15(3)26-23(22)28(20)13-16-9-11-17(12-10-16)18-7-5-6-8-19(18)24(29)30/h5-12H,4,13H2,1-3H3,(H,29,30). The molecule has 4 aromatic rings. The first-order chi connectivity index (χ1) is 14.4. The molecule has 0 atom stereocenters. The van der Waals surface area contributed by atoms with E-state index in [1.807, 2.05) is 41.8 Å². The lowest BCUT2D eigenvalue weighted by atomic mass is 9.99. The van der Waals surface area contributed by atoms with E-state index >= 15 is 0 Å². The zero-order valence-corrected chi connectivity index (χ0v) is 17.1. The third-order valence-corrected chi connectivity index (χ3v) is 5.37. The first-order valence-electron chi connectivity index (χ1n) is 9.84. The Morgan fingerprint density at radius 1 is 1.07 bits per heavy atom. The van der Waals surface area contributed by atoms with Crippen molar-refractivity contribution < 1.29 is 14.3 Å². The third-order valence-electron chi connectivity index (χ3n) is 5.37. The van der Waals surface area contributed by atoms with Crippen molar-refractivity contribution in [2.24, 2.45) is 0 Å². The van der Waals surface area contributed by atoms with E-state index in [1.54, 1.807) is 32.0 Å². The molecule has 0 bridgehead atoms. The van der Waals surface area contributed by atoms with E-state index in [1.165, 1.54) is 0 Å². The molecule has 0 saturated heterocycles. The molecule has 0 unspecified atom stereocenters. The second kappa shape index (κ2) is 7.71. The van der Waals surface area contributed by atoms with Gasteiger partial charge < -0.3 is 9.67 Å². The number of pyridine rings is 1. The average Bonchev–Trinajstić information content (AvgIpc) is 3.10. The van der Waals surface area contributed by atoms with Crippen LogP contribution in [0.15, 0.2) is 48.5 Å². The zero-order chi connectivity index (χ0) is 21.4. The van der Waals surface area contributed by atoms with Gasteiger partial charge in [0.25, 0.3) is 0 Å². The molecule has 0 spiro atoms. The first-order valence-corrected chi connectivity index (χ1v) is 9.84. The molecule has 0 fully saturated rings. The summed E-state index contributed by atoms with van der Waals surface area (Å²) < 4.78 is 16.3. The SMILES string of the molecule is CCc1nc2c(C)c(F)c(C)nc2n1Cc1ccc(-c2ccccc2C(=O)O)cc1. The molecule has 0 aliphatic heterocycles. The number of nitrogens with zero attached hydrogens (tertiary/aromatic N) is 3. The maximum atomic E-state index is 14.3. The van der Waals surface area contributed by atoms with Crippen molar-refractivity contribution in [1.82, 2.24) is 14.5 Å². The van der Waals surface area contributed by atoms with Crippen molar-refractivity contribution in [3.63, 3.8) is 0 Å². The Bertz CT molecular complexity index is 1260. The van der Waals surface area contributed by atoms with Crippen LogP contribution < -0.4 is 0 Å². The highest BCUT2D eigenvalue weighted by atomic mass is 19.1. The molecular weight excluding hydrogens is 381 g/mol. The van der Waals surface area contributed by atoms with Gasteiger partial charge in [0, 0.05) is 12.0 Å². The summed E-state index contributed by atoms with van der Waals surface area (Å²) in [5, 5.41) is 9.43. The molecular formula is C24H22FN3O2. The van der Waals surface area contributed by atoms with E-state index in [0.29, 0.717) is 41.0 Å². The van der Waals surface area contributed by atoms with Gasteiger partial charge in [-0.05, 0) is 36.6 Å². The predicted molar refractivity (Wildman–Crippen MR) is 114 cm³/mol. The van der Waals surface area contributed by atoms with Crippen LogP contribution in [0.2, 0.25) is 0 Å². The maximum absolute atomic E-state index is 14.3. The summed E-state index contributed by atoms with van der Waals surface area (Å²) in [4.78, 5) is 20.6. The van der Waals surface area contributed by atoms with Gasteiger partial charge in [-0.25, -0.2) is 19.2 Å². The monoisotopic (exact) mass is 403 g/mol. The lowest BCUT2D eigenvalue weighted by Crippen LogP contribution is -2.06. The molecule has 0 aliphatic carbocycles. The molecule has 0 radical (unpaired) electrons. The first kappa shape index (κ1) is 19.8. The Balaban J connectivity index is 1.73. The van der Waals surface area contributed by atoms with Gasteiger partial charge in [-0.1, -0.05) is 49.4 Å². The predicted octanol–water partition coefficient (Wildman–Crippen LogP) is 5.16. The fraction of sp³-hybridized carbons (Fsp3) is 0.208. The third kappa shape index (κ3) is 3.34. The Morgan fingerprint density at radius 2 is 1.77 bits per heavy atom. The average molecular weight is 403 g/mol. The molecule has 1 N–H and O–H groups in total. The summed E-state index contributed by atoms with van der Waals surface area (Å²) in [6.07, 6.45) is 0.709. The number of rotatable bonds is 5. The Morgan fingerprint density at radius 3 is 2.43 bits per heavy atom. The van der Waals surface area contributed by atoms with Crippen LogP contribution in [-0.4, -0.2) is 25.6 Å². The summed E-state index contributed by atoms with van der Waals surface area (Å²) in [5.41, 5.74) is 5.00. The Hall–Kier alpha value is -3.54. The van der Waals surface area contributed by atoms with Crippen LogP contribution in [0.1, 0.15) is 39.9 Å². The van der Waals surface area contributed by atoms with Crippen molar-refractivity contribution in [3.8, 4) is 11.1 Å². The summed E-state index contributed by atoms with van der Waals surface area (Å²) in [5.74, 6) is -0.404. The number of imidazole rings is 1. The van der Waals surface area contributed by atoms with Crippen LogP contribution in [-0.2, 0) is 13.0 Å². The van der Waals surface area contributed by atoms with Crippen molar-refractivity contribution in [2.75, 3.05) is 0 Å². The topological polar surface area (TPSA) is 68.0 Å². The number of aromatic nitrogens is 3. The van der Waals surface area contributed by atoms with Gasteiger partial charge in [0.15, 0.2) is 5.65 Å². The maximum Gasteiger partial charge on any atom is 0.336 e. The largest absolute Gasteiger partial charge is 0.478 e. The second-order valence-corrected chi connectivity index (χ2v) is 7.32. The van der Waals surface area contributed by atoms with E-state index in [4.69, 9.17) is 0 Å². The normalized spacial score (nSPS) is 11.2. The molecule has 0 aliphatic rings. The minimum Gasteiger partial charge on any atom is -0.478 e. The van der Waals surface area contributed by atoms with E-state index in [9.17, 15) is 14.3 Å². The number of hydrogen-bond acceptors (Lipinski definition) is 3. The van der Waals surface area contributed by atoms with E-state index in [0.717, 1.165) is 17.0 Å². The molecule has 2 heterocycles. The highest BCUT2D eigenvalue weighted by Gasteiger charge is 2.17. The molecule has 6 heteroatoms. The summed E-state index contributed by atoms with van der Waals surface area (Å²) in [7, 11) is 0. The fourth-order valence-corrected chi connectivity index (χ4v) is 3.77. The molecule has 4 rings (SSSR count). The van der Waals surface area contributed by atoms with Crippen LogP contribution in [0.5, 0.6) is 0 Å². The highest BCUT2D eigenvalue weighted by Crippen LogP contribution is 2.26. The van der Waals surface area contributed by atoms with Gasteiger partial charge in [-0.15, -0.1) is 0 Å². The van der Waals surface area contributed by atoms with Crippen molar-refractivity contribution in [1.29, 1.82) is 0 Å². The number of hydrogen-bond donors (Lipinski definition) is 1. The minimum absolute atomic E-state index is 0.274. The minimum atomic E-state index is -0.948. The number of fused-ring (bicyclic) bond motifs is 1. The molecule has 152 valence electrons. The molecule has 5 nitrogen and oxygen atoms in total.